The number of nitrogens with zero attached hydrogens (tertiary/aromatic N) is 2. The number of nitrogens with one attached hydrogen (secondary N) is 1. The molecule has 8 nitrogen and oxygen atoms in total. The van der Waals surface area contributed by atoms with Crippen molar-refractivity contribution in [1.82, 2.24) is 10.3 Å². The largest absolute Gasteiger partial charge is 0.490 e. The van der Waals surface area contributed by atoms with Crippen LogP contribution in [-0.2, 0) is 4.79 Å². The highest BCUT2D eigenvalue weighted by Crippen LogP contribution is 2.28. The Bertz CT molecular complexity index is 848. The molecule has 0 radical (unpaired) electrons. The lowest BCUT2D eigenvalue weighted by molar-refractivity contribution is -0.130. The minimum absolute atomic E-state index is 0.0852. The van der Waals surface area contributed by atoms with Crippen LogP contribution in [0, 0.1) is 0 Å². The number of carbonyl (C=O) groups excluding carboxylic acids is 2. The van der Waals surface area contributed by atoms with Gasteiger partial charge in [-0.25, -0.2) is 5.43 Å². The van der Waals surface area contributed by atoms with Gasteiger partial charge in [0.15, 0.2) is 18.1 Å². The fraction of sp³-hybridized carbons (Fsp3) is 0.250. The van der Waals surface area contributed by atoms with Gasteiger partial charge in [0.1, 0.15) is 0 Å². The van der Waals surface area contributed by atoms with Crippen LogP contribution in [0.5, 0.6) is 11.5 Å². The number of nitrogen functional groups attached to an aromatic ring is 1. The number of carbonyl (C=O) groups is 2. The number of hydrogen-bond acceptors (Lipinski definition) is 6. The molecule has 0 spiro atoms. The standard InChI is InChI=1S/C20H24N4O4/c1-4-27-18-11-14(5-10-17(18)28-13-19(25)24(2)3)12-22-23-20(26)15-6-8-16(21)9-7-15/h5-12H,4,13,21H2,1-3H3,(H,23,26)/b22-12+. The molecular formula is C20H24N4O4. The minimum Gasteiger partial charge on any atom is -0.490 e. The highest BCUT2D eigenvalue weighted by Gasteiger charge is 2.10. The van der Waals surface area contributed by atoms with E-state index in [1.807, 2.05) is 6.92 Å². The minimum atomic E-state index is -0.344. The van der Waals surface area contributed by atoms with Crippen molar-refractivity contribution in [2.45, 2.75) is 6.92 Å². The Kier molecular flexibility index (Phi) is 7.38. The molecule has 0 aromatic heterocycles. The first-order valence-corrected chi connectivity index (χ1v) is 8.69. The summed E-state index contributed by atoms with van der Waals surface area (Å²) < 4.78 is 11.1. The topological polar surface area (TPSA) is 106 Å². The number of amides is 2. The van der Waals surface area contributed by atoms with Gasteiger partial charge in [0.2, 0.25) is 0 Å². The van der Waals surface area contributed by atoms with E-state index in [-0.39, 0.29) is 18.4 Å². The smallest absolute Gasteiger partial charge is 0.271 e. The summed E-state index contributed by atoms with van der Waals surface area (Å²) in [5, 5.41) is 3.96. The fourth-order valence-electron chi connectivity index (χ4n) is 2.13. The lowest BCUT2D eigenvalue weighted by atomic mass is 10.2. The Morgan fingerprint density at radius 1 is 1.11 bits per heavy atom. The number of ether oxygens (including phenoxy) is 2. The molecular weight excluding hydrogens is 360 g/mol. The molecule has 0 saturated carbocycles. The highest BCUT2D eigenvalue weighted by atomic mass is 16.5. The second kappa shape index (κ2) is 9.96. The summed E-state index contributed by atoms with van der Waals surface area (Å²) in [7, 11) is 3.32. The summed E-state index contributed by atoms with van der Waals surface area (Å²) >= 11 is 0. The second-order valence-electron chi connectivity index (χ2n) is 6.04. The quantitative estimate of drug-likeness (QED) is 0.411. The summed E-state index contributed by atoms with van der Waals surface area (Å²) in [5.74, 6) is 0.449. The zero-order valence-electron chi connectivity index (χ0n) is 16.1. The molecule has 0 bridgehead atoms. The van der Waals surface area contributed by atoms with E-state index in [9.17, 15) is 9.59 Å². The summed E-state index contributed by atoms with van der Waals surface area (Å²) in [6.07, 6.45) is 1.49. The summed E-state index contributed by atoms with van der Waals surface area (Å²) in [6, 6.07) is 11.7. The number of hydrogen-bond donors (Lipinski definition) is 2. The fourth-order valence-corrected chi connectivity index (χ4v) is 2.13. The van der Waals surface area contributed by atoms with Crippen molar-refractivity contribution in [1.29, 1.82) is 0 Å². The maximum Gasteiger partial charge on any atom is 0.271 e. The third-order valence-corrected chi connectivity index (χ3v) is 3.67. The Morgan fingerprint density at radius 3 is 2.46 bits per heavy atom. The predicted octanol–water partition coefficient (Wildman–Crippen LogP) is 1.90. The van der Waals surface area contributed by atoms with Gasteiger partial charge in [-0.2, -0.15) is 5.10 Å². The maximum absolute atomic E-state index is 12.0. The molecule has 3 N–H and O–H groups in total. The van der Waals surface area contributed by atoms with Crippen LogP contribution in [-0.4, -0.2) is 50.2 Å². The Balaban J connectivity index is 2.03. The van der Waals surface area contributed by atoms with Crippen LogP contribution in [0.1, 0.15) is 22.8 Å². The van der Waals surface area contributed by atoms with Crippen molar-refractivity contribution in [3.8, 4) is 11.5 Å². The lowest BCUT2D eigenvalue weighted by Gasteiger charge is -2.14. The van der Waals surface area contributed by atoms with Gasteiger partial charge in [0.25, 0.3) is 11.8 Å². The first-order valence-electron chi connectivity index (χ1n) is 8.69. The molecule has 2 aromatic rings. The number of nitrogens with two attached hydrogens (primary N) is 1. The van der Waals surface area contributed by atoms with E-state index in [1.165, 1.54) is 11.1 Å². The van der Waals surface area contributed by atoms with E-state index < -0.39 is 0 Å². The average Bonchev–Trinajstić information content (AvgIpc) is 2.67. The lowest BCUT2D eigenvalue weighted by Crippen LogP contribution is -2.27. The van der Waals surface area contributed by atoms with Gasteiger partial charge in [-0.1, -0.05) is 0 Å². The van der Waals surface area contributed by atoms with Gasteiger partial charge in [-0.05, 0) is 55.0 Å². The average molecular weight is 384 g/mol. The molecule has 0 fully saturated rings. The summed E-state index contributed by atoms with van der Waals surface area (Å²) in [5.41, 5.74) is 9.79. The summed E-state index contributed by atoms with van der Waals surface area (Å²) in [6.45, 7) is 2.20. The van der Waals surface area contributed by atoms with Crippen molar-refractivity contribution in [3.63, 3.8) is 0 Å². The normalized spacial score (nSPS) is 10.5. The number of likely N-dealkylation sites (N-methyl/N-ethyl adjacent to an activating group) is 1. The van der Waals surface area contributed by atoms with Crippen molar-refractivity contribution in [2.75, 3.05) is 33.0 Å². The molecule has 28 heavy (non-hydrogen) atoms. The zero-order chi connectivity index (χ0) is 20.5. The third kappa shape index (κ3) is 6.01. The Labute approximate surface area is 163 Å². The summed E-state index contributed by atoms with van der Waals surface area (Å²) in [4.78, 5) is 25.2. The van der Waals surface area contributed by atoms with Crippen LogP contribution in [0.4, 0.5) is 5.69 Å². The Hall–Kier alpha value is -3.55. The second-order valence-corrected chi connectivity index (χ2v) is 6.04. The van der Waals surface area contributed by atoms with Crippen molar-refractivity contribution in [3.05, 3.63) is 53.6 Å². The first-order chi connectivity index (χ1) is 13.4. The Morgan fingerprint density at radius 2 is 1.82 bits per heavy atom. The van der Waals surface area contributed by atoms with Gasteiger partial charge >= 0.3 is 0 Å². The van der Waals surface area contributed by atoms with Crippen molar-refractivity contribution >= 4 is 23.7 Å². The van der Waals surface area contributed by atoms with Gasteiger partial charge < -0.3 is 20.1 Å². The molecule has 2 amide bonds. The van der Waals surface area contributed by atoms with Crippen molar-refractivity contribution < 1.29 is 19.1 Å². The molecule has 148 valence electrons. The SMILES string of the molecule is CCOc1cc(/C=N/NC(=O)c2ccc(N)cc2)ccc1OCC(=O)N(C)C. The van der Waals surface area contributed by atoms with Gasteiger partial charge in [0.05, 0.1) is 12.8 Å². The first kappa shape index (κ1) is 20.8. The van der Waals surface area contributed by atoms with Gasteiger partial charge in [-0.15, -0.1) is 0 Å². The van der Waals surface area contributed by atoms with E-state index >= 15 is 0 Å². The molecule has 0 atom stereocenters. The third-order valence-electron chi connectivity index (χ3n) is 3.67. The number of rotatable bonds is 8. The van der Waals surface area contributed by atoms with Crippen LogP contribution >= 0.6 is 0 Å². The van der Waals surface area contributed by atoms with Crippen LogP contribution in [0.3, 0.4) is 0 Å². The molecule has 8 heteroatoms. The van der Waals surface area contributed by atoms with E-state index in [0.717, 1.165) is 0 Å². The molecule has 0 heterocycles. The molecule has 0 aliphatic rings. The van der Waals surface area contributed by atoms with Crippen LogP contribution < -0.4 is 20.6 Å². The number of benzene rings is 2. The van der Waals surface area contributed by atoms with Gasteiger partial charge in [-0.3, -0.25) is 9.59 Å². The molecule has 0 aliphatic heterocycles. The van der Waals surface area contributed by atoms with Crippen molar-refractivity contribution in [2.24, 2.45) is 5.10 Å². The van der Waals surface area contributed by atoms with Gasteiger partial charge in [0, 0.05) is 25.3 Å². The molecule has 0 unspecified atom stereocenters. The van der Waals surface area contributed by atoms with E-state index in [0.29, 0.717) is 34.9 Å². The van der Waals surface area contributed by atoms with E-state index in [1.54, 1.807) is 56.6 Å². The molecule has 2 aromatic carbocycles. The van der Waals surface area contributed by atoms with Crippen LogP contribution in [0.15, 0.2) is 47.6 Å². The highest BCUT2D eigenvalue weighted by molar-refractivity contribution is 5.95. The molecule has 0 aliphatic carbocycles. The number of hydrazone groups is 1. The monoisotopic (exact) mass is 384 g/mol. The van der Waals surface area contributed by atoms with Crippen LogP contribution in [0.2, 0.25) is 0 Å². The molecule has 0 saturated heterocycles. The van der Waals surface area contributed by atoms with E-state index in [2.05, 4.69) is 10.5 Å². The molecule has 2 rings (SSSR count). The van der Waals surface area contributed by atoms with E-state index in [4.69, 9.17) is 15.2 Å². The van der Waals surface area contributed by atoms with Crippen LogP contribution in [0.25, 0.3) is 0 Å². The maximum atomic E-state index is 12.0. The predicted molar refractivity (Wildman–Crippen MR) is 108 cm³/mol. The zero-order valence-corrected chi connectivity index (χ0v) is 16.1. The number of anilines is 1.